The van der Waals surface area contributed by atoms with E-state index in [0.717, 1.165) is 11.1 Å². The molecule has 0 aliphatic carbocycles. The van der Waals surface area contributed by atoms with Crippen molar-refractivity contribution in [3.05, 3.63) is 46.5 Å². The van der Waals surface area contributed by atoms with Crippen molar-refractivity contribution in [2.24, 2.45) is 0 Å². The van der Waals surface area contributed by atoms with Crippen LogP contribution in [-0.4, -0.2) is 11.7 Å². The quantitative estimate of drug-likeness (QED) is 0.701. The van der Waals surface area contributed by atoms with Crippen LogP contribution in [0.1, 0.15) is 12.5 Å². The third-order valence-electron chi connectivity index (χ3n) is 1.65. The molecule has 1 aromatic rings. The van der Waals surface area contributed by atoms with Gasteiger partial charge >= 0.3 is 0 Å². The number of hydrogen-bond acceptors (Lipinski definition) is 1. The van der Waals surface area contributed by atoms with Gasteiger partial charge in [-0.3, -0.25) is 0 Å². The van der Waals surface area contributed by atoms with E-state index < -0.39 is 0 Å². The summed E-state index contributed by atoms with van der Waals surface area (Å²) in [6.45, 7) is 1.89. The maximum Gasteiger partial charge on any atom is 0.0624 e. The molecular formula is C12H11ClO. The number of allylic oxidation sites excluding steroid dienone is 1. The van der Waals surface area contributed by atoms with E-state index in [1.165, 1.54) is 0 Å². The van der Waals surface area contributed by atoms with Crippen LogP contribution in [0.5, 0.6) is 0 Å². The van der Waals surface area contributed by atoms with Gasteiger partial charge in [-0.1, -0.05) is 23.4 Å². The fourth-order valence-corrected chi connectivity index (χ4v) is 1.02. The molecule has 72 valence electrons. The van der Waals surface area contributed by atoms with E-state index >= 15 is 0 Å². The van der Waals surface area contributed by atoms with Crippen molar-refractivity contribution < 1.29 is 5.11 Å². The molecule has 14 heavy (non-hydrogen) atoms. The van der Waals surface area contributed by atoms with Crippen molar-refractivity contribution in [3.8, 4) is 11.8 Å². The Morgan fingerprint density at radius 1 is 1.43 bits per heavy atom. The highest BCUT2D eigenvalue weighted by Gasteiger charge is 1.87. The molecule has 2 heteroatoms. The van der Waals surface area contributed by atoms with Gasteiger partial charge in [-0.2, -0.15) is 0 Å². The summed E-state index contributed by atoms with van der Waals surface area (Å²) in [5.41, 5.74) is 1.78. The van der Waals surface area contributed by atoms with Gasteiger partial charge in [-0.25, -0.2) is 0 Å². The van der Waals surface area contributed by atoms with Crippen molar-refractivity contribution in [1.82, 2.24) is 0 Å². The highest BCUT2D eigenvalue weighted by molar-refractivity contribution is 6.30. The Bertz CT molecular complexity index is 379. The van der Waals surface area contributed by atoms with Gasteiger partial charge in [0.05, 0.1) is 6.61 Å². The molecule has 0 amide bonds. The number of aliphatic hydroxyl groups excluding tert-OH is 1. The fraction of sp³-hybridized carbons (Fsp3) is 0.167. The summed E-state index contributed by atoms with van der Waals surface area (Å²) in [6, 6.07) is 7.33. The Morgan fingerprint density at radius 3 is 2.64 bits per heavy atom. The second kappa shape index (κ2) is 5.49. The van der Waals surface area contributed by atoms with Gasteiger partial charge in [-0.05, 0) is 42.8 Å². The highest BCUT2D eigenvalue weighted by Crippen LogP contribution is 2.08. The van der Waals surface area contributed by atoms with Crippen LogP contribution in [0.3, 0.4) is 0 Å². The van der Waals surface area contributed by atoms with E-state index in [1.807, 2.05) is 19.1 Å². The number of rotatable bonds is 1. The SMILES string of the molecule is CC(C#Cc1ccc(Cl)cc1)=CCO. The predicted octanol–water partition coefficient (Wildman–Crippen LogP) is 2.63. The lowest BCUT2D eigenvalue weighted by molar-refractivity contribution is 0.342. The first kappa shape index (κ1) is 10.8. The van der Waals surface area contributed by atoms with Crippen molar-refractivity contribution in [3.63, 3.8) is 0 Å². The van der Waals surface area contributed by atoms with Gasteiger partial charge in [0.1, 0.15) is 0 Å². The lowest BCUT2D eigenvalue weighted by atomic mass is 10.2. The molecule has 0 spiro atoms. The zero-order chi connectivity index (χ0) is 10.4. The molecule has 0 radical (unpaired) electrons. The zero-order valence-corrected chi connectivity index (χ0v) is 8.67. The van der Waals surface area contributed by atoms with Gasteiger partial charge in [0.2, 0.25) is 0 Å². The zero-order valence-electron chi connectivity index (χ0n) is 7.92. The van der Waals surface area contributed by atoms with Crippen LogP contribution in [0.25, 0.3) is 0 Å². The normalized spacial score (nSPS) is 10.6. The Balaban J connectivity index is 2.78. The van der Waals surface area contributed by atoms with Crippen LogP contribution in [0.2, 0.25) is 5.02 Å². The van der Waals surface area contributed by atoms with Crippen LogP contribution < -0.4 is 0 Å². The summed E-state index contributed by atoms with van der Waals surface area (Å²) in [5, 5.41) is 9.32. The molecular weight excluding hydrogens is 196 g/mol. The van der Waals surface area contributed by atoms with E-state index in [-0.39, 0.29) is 6.61 Å². The summed E-state index contributed by atoms with van der Waals surface area (Å²) in [5.74, 6) is 5.90. The first-order chi connectivity index (χ1) is 6.72. The average Bonchev–Trinajstić information content (AvgIpc) is 2.17. The minimum absolute atomic E-state index is 0.0289. The number of benzene rings is 1. The summed E-state index contributed by atoms with van der Waals surface area (Å²) in [6.07, 6.45) is 1.67. The van der Waals surface area contributed by atoms with E-state index in [2.05, 4.69) is 11.8 Å². The summed E-state index contributed by atoms with van der Waals surface area (Å²) >= 11 is 5.73. The largest absolute Gasteiger partial charge is 0.392 e. The van der Waals surface area contributed by atoms with E-state index in [9.17, 15) is 0 Å². The Hall–Kier alpha value is -1.23. The van der Waals surface area contributed by atoms with Crippen molar-refractivity contribution >= 4 is 11.6 Å². The predicted molar refractivity (Wildman–Crippen MR) is 59.2 cm³/mol. The molecule has 0 fully saturated rings. The van der Waals surface area contributed by atoms with Gasteiger partial charge in [0, 0.05) is 10.6 Å². The van der Waals surface area contributed by atoms with Gasteiger partial charge in [0.25, 0.3) is 0 Å². The standard InChI is InChI=1S/C12H11ClO/c1-10(8-9-14)2-3-11-4-6-12(13)7-5-11/h4-8,14H,9H2,1H3. The molecule has 0 aliphatic rings. The van der Waals surface area contributed by atoms with Crippen LogP contribution in [-0.2, 0) is 0 Å². The van der Waals surface area contributed by atoms with E-state index in [0.29, 0.717) is 5.02 Å². The molecule has 1 nitrogen and oxygen atoms in total. The smallest absolute Gasteiger partial charge is 0.0624 e. The summed E-state index contributed by atoms with van der Waals surface area (Å²) in [4.78, 5) is 0. The molecule has 1 rings (SSSR count). The Labute approximate surface area is 89.0 Å². The highest BCUT2D eigenvalue weighted by atomic mass is 35.5. The topological polar surface area (TPSA) is 20.2 Å². The molecule has 0 saturated heterocycles. The summed E-state index contributed by atoms with van der Waals surface area (Å²) in [7, 11) is 0. The maximum atomic E-state index is 8.61. The maximum absolute atomic E-state index is 8.61. The van der Waals surface area contributed by atoms with Crippen molar-refractivity contribution in [1.29, 1.82) is 0 Å². The van der Waals surface area contributed by atoms with Crippen LogP contribution in [0.15, 0.2) is 35.9 Å². The van der Waals surface area contributed by atoms with Gasteiger partial charge < -0.3 is 5.11 Å². The van der Waals surface area contributed by atoms with Gasteiger partial charge in [-0.15, -0.1) is 0 Å². The average molecular weight is 207 g/mol. The fourth-order valence-electron chi connectivity index (χ4n) is 0.892. The number of halogens is 1. The Kier molecular flexibility index (Phi) is 4.25. The molecule has 1 aromatic carbocycles. The van der Waals surface area contributed by atoms with Crippen LogP contribution >= 0.6 is 11.6 Å². The molecule has 0 unspecified atom stereocenters. The lowest BCUT2D eigenvalue weighted by Crippen LogP contribution is -1.77. The third kappa shape index (κ3) is 3.66. The molecule has 0 heterocycles. The first-order valence-corrected chi connectivity index (χ1v) is 4.65. The molecule has 1 N–H and O–H groups in total. The van der Waals surface area contributed by atoms with E-state index in [1.54, 1.807) is 18.2 Å². The second-order valence-corrected chi connectivity index (χ2v) is 3.26. The number of aliphatic hydroxyl groups is 1. The molecule has 0 aliphatic heterocycles. The lowest BCUT2D eigenvalue weighted by Gasteiger charge is -1.90. The molecule has 0 atom stereocenters. The molecule has 0 aromatic heterocycles. The first-order valence-electron chi connectivity index (χ1n) is 4.27. The second-order valence-electron chi connectivity index (χ2n) is 2.83. The van der Waals surface area contributed by atoms with Gasteiger partial charge in [0.15, 0.2) is 0 Å². The summed E-state index contributed by atoms with van der Waals surface area (Å²) < 4.78 is 0. The van der Waals surface area contributed by atoms with Crippen LogP contribution in [0, 0.1) is 11.8 Å². The van der Waals surface area contributed by atoms with E-state index in [4.69, 9.17) is 16.7 Å². The minimum Gasteiger partial charge on any atom is -0.392 e. The molecule has 0 bridgehead atoms. The monoisotopic (exact) mass is 206 g/mol. The van der Waals surface area contributed by atoms with Crippen molar-refractivity contribution in [2.45, 2.75) is 6.92 Å². The Morgan fingerprint density at radius 2 is 2.07 bits per heavy atom. The molecule has 0 saturated carbocycles. The van der Waals surface area contributed by atoms with Crippen molar-refractivity contribution in [2.75, 3.05) is 6.61 Å². The number of hydrogen-bond donors (Lipinski definition) is 1. The van der Waals surface area contributed by atoms with Crippen LogP contribution in [0.4, 0.5) is 0 Å². The third-order valence-corrected chi connectivity index (χ3v) is 1.90. The minimum atomic E-state index is 0.0289.